The van der Waals surface area contributed by atoms with E-state index < -0.39 is 8.32 Å². The number of carbonyl (C=O) groups excluding carboxylic acids is 1. The molecule has 1 atom stereocenters. The van der Waals surface area contributed by atoms with Crippen molar-refractivity contribution in [3.05, 3.63) is 11.6 Å². The van der Waals surface area contributed by atoms with Gasteiger partial charge in [-0.1, -0.05) is 32.4 Å². The first-order valence-corrected chi connectivity index (χ1v) is 11.0. The van der Waals surface area contributed by atoms with Crippen LogP contribution in [0.25, 0.3) is 0 Å². The molecule has 0 radical (unpaired) electrons. The van der Waals surface area contributed by atoms with E-state index in [1.165, 1.54) is 5.57 Å². The number of ether oxygens (including phenoxy) is 1. The largest absolute Gasteiger partial charge is 0.465 e. The summed E-state index contributed by atoms with van der Waals surface area (Å²) in [5, 5.41) is 0.278. The molecule has 0 saturated carbocycles. The van der Waals surface area contributed by atoms with Gasteiger partial charge in [-0.15, -0.1) is 0 Å². The molecule has 1 rings (SSSR count). The van der Waals surface area contributed by atoms with Gasteiger partial charge in [0.1, 0.15) is 0 Å². The third kappa shape index (κ3) is 5.95. The number of cyclic esters (lactones) is 1. The first-order valence-electron chi connectivity index (χ1n) is 8.10. The lowest BCUT2D eigenvalue weighted by atomic mass is 10.0. The van der Waals surface area contributed by atoms with Crippen LogP contribution in [0.5, 0.6) is 0 Å². The fraction of sp³-hybridized carbons (Fsp3) is 0.824. The molecule has 122 valence electrons. The normalized spacial score (nSPS) is 20.8. The quantitative estimate of drug-likeness (QED) is 0.296. The topological polar surface area (TPSA) is 35.5 Å². The van der Waals surface area contributed by atoms with Gasteiger partial charge in [-0.2, -0.15) is 0 Å². The molecule has 1 unspecified atom stereocenters. The molecule has 4 heteroatoms. The summed E-state index contributed by atoms with van der Waals surface area (Å²) in [6, 6.07) is 0. The predicted octanol–water partition coefficient (Wildman–Crippen LogP) is 4.69. The van der Waals surface area contributed by atoms with Crippen LogP contribution >= 0.6 is 0 Å². The molecule has 1 aliphatic rings. The number of carbonyl (C=O) groups is 1. The predicted molar refractivity (Wildman–Crippen MR) is 89.8 cm³/mol. The summed E-state index contributed by atoms with van der Waals surface area (Å²) in [5.74, 6) is 0.0590. The monoisotopic (exact) mass is 312 g/mol. The van der Waals surface area contributed by atoms with Gasteiger partial charge in [0.2, 0.25) is 0 Å². The Balaban J connectivity index is 2.24. The Morgan fingerprint density at radius 1 is 1.43 bits per heavy atom. The summed E-state index contributed by atoms with van der Waals surface area (Å²) in [4.78, 5) is 11.4. The zero-order valence-corrected chi connectivity index (χ0v) is 15.6. The molecule has 0 aliphatic carbocycles. The van der Waals surface area contributed by atoms with Gasteiger partial charge in [-0.25, -0.2) is 0 Å². The van der Waals surface area contributed by atoms with E-state index in [9.17, 15) is 4.79 Å². The minimum Gasteiger partial charge on any atom is -0.465 e. The molecule has 1 aliphatic heterocycles. The van der Waals surface area contributed by atoms with Crippen molar-refractivity contribution >= 4 is 14.3 Å². The van der Waals surface area contributed by atoms with Gasteiger partial charge in [-0.3, -0.25) is 4.79 Å². The second kappa shape index (κ2) is 7.59. The second-order valence-electron chi connectivity index (χ2n) is 7.65. The van der Waals surface area contributed by atoms with Crippen molar-refractivity contribution in [1.29, 1.82) is 0 Å². The highest BCUT2D eigenvalue weighted by Crippen LogP contribution is 2.36. The Hall–Kier alpha value is -0.613. The standard InChI is InChI=1S/C17H32O3Si/c1-14(9-10-15-11-13-19-16(15)18)8-7-12-20-21(5,6)17(2,3)4/h9,15H,7-8,10-13H2,1-6H3/b14-9-. The second-order valence-corrected chi connectivity index (χ2v) is 12.5. The lowest BCUT2D eigenvalue weighted by molar-refractivity contribution is -0.141. The van der Waals surface area contributed by atoms with Crippen molar-refractivity contribution < 1.29 is 14.0 Å². The van der Waals surface area contributed by atoms with E-state index in [0.717, 1.165) is 32.3 Å². The molecule has 0 N–H and O–H groups in total. The van der Waals surface area contributed by atoms with Crippen LogP contribution in [0.1, 0.15) is 53.4 Å². The van der Waals surface area contributed by atoms with Gasteiger partial charge in [0.25, 0.3) is 0 Å². The number of allylic oxidation sites excluding steroid dienone is 2. The van der Waals surface area contributed by atoms with Crippen molar-refractivity contribution in [1.82, 2.24) is 0 Å². The Bertz CT molecular complexity index is 380. The summed E-state index contributed by atoms with van der Waals surface area (Å²) in [6.45, 7) is 15.0. The molecular formula is C17H32O3Si. The van der Waals surface area contributed by atoms with E-state index >= 15 is 0 Å². The highest BCUT2D eigenvalue weighted by molar-refractivity contribution is 6.74. The maximum atomic E-state index is 11.4. The van der Waals surface area contributed by atoms with Crippen molar-refractivity contribution in [2.75, 3.05) is 13.2 Å². The Kier molecular flexibility index (Phi) is 6.66. The van der Waals surface area contributed by atoms with Crippen LogP contribution < -0.4 is 0 Å². The Labute approximate surface area is 131 Å². The minimum absolute atomic E-state index is 0.0275. The molecule has 21 heavy (non-hydrogen) atoms. The average molecular weight is 313 g/mol. The molecule has 1 fully saturated rings. The summed E-state index contributed by atoms with van der Waals surface area (Å²) in [7, 11) is -1.61. The van der Waals surface area contributed by atoms with E-state index in [1.54, 1.807) is 0 Å². The minimum atomic E-state index is -1.61. The summed E-state index contributed by atoms with van der Waals surface area (Å²) in [5.41, 5.74) is 1.36. The molecule has 0 aromatic heterocycles. The van der Waals surface area contributed by atoms with Gasteiger partial charge >= 0.3 is 5.97 Å². The van der Waals surface area contributed by atoms with E-state index in [2.05, 4.69) is 46.9 Å². The molecule has 0 aromatic rings. The number of hydrogen-bond donors (Lipinski definition) is 0. The number of esters is 1. The SMILES string of the molecule is C/C(=C/CC1CCOC1=O)CCCO[Si](C)(C)C(C)(C)C. The van der Waals surface area contributed by atoms with Crippen molar-refractivity contribution in [2.45, 2.75) is 71.5 Å². The van der Waals surface area contributed by atoms with E-state index in [4.69, 9.17) is 9.16 Å². The molecule has 1 heterocycles. The molecule has 0 bridgehead atoms. The summed E-state index contributed by atoms with van der Waals surface area (Å²) in [6.07, 6.45) is 6.01. The van der Waals surface area contributed by atoms with Gasteiger partial charge in [-0.05, 0) is 50.7 Å². The van der Waals surface area contributed by atoms with E-state index in [-0.39, 0.29) is 16.9 Å². The zero-order chi connectivity index (χ0) is 16.1. The molecule has 0 amide bonds. The van der Waals surface area contributed by atoms with Crippen LogP contribution in [0.2, 0.25) is 18.1 Å². The fourth-order valence-electron chi connectivity index (χ4n) is 2.09. The van der Waals surface area contributed by atoms with Crippen LogP contribution in [-0.4, -0.2) is 27.5 Å². The zero-order valence-electron chi connectivity index (χ0n) is 14.6. The van der Waals surface area contributed by atoms with Crippen LogP contribution in [-0.2, 0) is 14.0 Å². The summed E-state index contributed by atoms with van der Waals surface area (Å²) < 4.78 is 11.2. The van der Waals surface area contributed by atoms with Crippen LogP contribution in [0.3, 0.4) is 0 Å². The third-order valence-electron chi connectivity index (χ3n) is 4.78. The van der Waals surface area contributed by atoms with Crippen LogP contribution in [0, 0.1) is 5.92 Å². The third-order valence-corrected chi connectivity index (χ3v) is 9.32. The van der Waals surface area contributed by atoms with Gasteiger partial charge in [0.05, 0.1) is 12.5 Å². The van der Waals surface area contributed by atoms with Crippen LogP contribution in [0.4, 0.5) is 0 Å². The smallest absolute Gasteiger partial charge is 0.309 e. The number of rotatable bonds is 7. The van der Waals surface area contributed by atoms with E-state index in [1.807, 2.05) is 0 Å². The maximum Gasteiger partial charge on any atom is 0.309 e. The van der Waals surface area contributed by atoms with Crippen LogP contribution in [0.15, 0.2) is 11.6 Å². The molecule has 3 nitrogen and oxygen atoms in total. The van der Waals surface area contributed by atoms with Gasteiger partial charge in [0, 0.05) is 6.61 Å². The Morgan fingerprint density at radius 3 is 2.62 bits per heavy atom. The van der Waals surface area contributed by atoms with Crippen molar-refractivity contribution in [3.63, 3.8) is 0 Å². The van der Waals surface area contributed by atoms with E-state index in [0.29, 0.717) is 6.61 Å². The average Bonchev–Trinajstić information content (AvgIpc) is 2.76. The van der Waals surface area contributed by atoms with Gasteiger partial charge < -0.3 is 9.16 Å². The first kappa shape index (κ1) is 18.4. The maximum absolute atomic E-state index is 11.4. The highest BCUT2D eigenvalue weighted by atomic mass is 28.4. The molecule has 1 saturated heterocycles. The highest BCUT2D eigenvalue weighted by Gasteiger charge is 2.36. The first-order chi connectivity index (χ1) is 9.63. The Morgan fingerprint density at radius 2 is 2.10 bits per heavy atom. The summed E-state index contributed by atoms with van der Waals surface area (Å²) >= 11 is 0. The van der Waals surface area contributed by atoms with Crippen molar-refractivity contribution in [2.24, 2.45) is 5.92 Å². The fourth-order valence-corrected chi connectivity index (χ4v) is 3.18. The van der Waals surface area contributed by atoms with Crippen molar-refractivity contribution in [3.8, 4) is 0 Å². The molecule has 0 spiro atoms. The molecule has 0 aromatic carbocycles. The number of hydrogen-bond acceptors (Lipinski definition) is 3. The lowest BCUT2D eigenvalue weighted by Gasteiger charge is -2.36. The molecular weight excluding hydrogens is 280 g/mol. The van der Waals surface area contributed by atoms with Gasteiger partial charge in [0.15, 0.2) is 8.32 Å². The lowest BCUT2D eigenvalue weighted by Crippen LogP contribution is -2.40.